The first-order valence-electron chi connectivity index (χ1n) is 8.23. The Balaban J connectivity index is 1.32. The fourth-order valence-corrected chi connectivity index (χ4v) is 5.42. The van der Waals surface area contributed by atoms with Crippen LogP contribution in [0.4, 0.5) is 4.79 Å². The number of nitrogens with one attached hydrogen (secondary N) is 1. The zero-order valence-corrected chi connectivity index (χ0v) is 12.3. The van der Waals surface area contributed by atoms with Crippen molar-refractivity contribution < 1.29 is 9.59 Å². The fourth-order valence-electron chi connectivity index (χ4n) is 5.42. The molecule has 1 atom stereocenters. The van der Waals surface area contributed by atoms with E-state index in [0.717, 1.165) is 64.8 Å². The van der Waals surface area contributed by atoms with Crippen LogP contribution in [-0.2, 0) is 4.79 Å². The first-order chi connectivity index (χ1) is 10.1. The molecule has 6 rings (SSSR count). The largest absolute Gasteiger partial charge is 0.337 e. The van der Waals surface area contributed by atoms with Gasteiger partial charge in [-0.1, -0.05) is 0 Å². The molecule has 0 aromatic rings. The van der Waals surface area contributed by atoms with Crippen LogP contribution in [0.3, 0.4) is 0 Å². The molecule has 0 aromatic heterocycles. The number of urea groups is 1. The minimum atomic E-state index is 0.0806. The average molecular weight is 290 g/mol. The summed E-state index contributed by atoms with van der Waals surface area (Å²) in [7, 11) is 0. The smallest absolute Gasteiger partial charge is 0.320 e. The highest BCUT2D eigenvalue weighted by molar-refractivity contribution is 5.82. The van der Waals surface area contributed by atoms with Crippen LogP contribution in [0.2, 0.25) is 0 Å². The Morgan fingerprint density at radius 1 is 1.05 bits per heavy atom. The molecule has 3 saturated carbocycles. The SMILES string of the molecule is O=C1CCCN1C12CC(N3CC4CNCCN4C3=O)(C1)C2. The summed E-state index contributed by atoms with van der Waals surface area (Å²) in [4.78, 5) is 30.9. The van der Waals surface area contributed by atoms with Crippen molar-refractivity contribution in [1.82, 2.24) is 20.0 Å². The van der Waals surface area contributed by atoms with Gasteiger partial charge in [0.25, 0.3) is 0 Å². The number of fused-ring (bicyclic) bond motifs is 1. The molecule has 3 heterocycles. The van der Waals surface area contributed by atoms with E-state index in [2.05, 4.69) is 15.1 Å². The van der Waals surface area contributed by atoms with Gasteiger partial charge in [-0.3, -0.25) is 4.79 Å². The number of likely N-dealkylation sites (tertiary alicyclic amines) is 1. The van der Waals surface area contributed by atoms with Gasteiger partial charge >= 0.3 is 6.03 Å². The minimum Gasteiger partial charge on any atom is -0.337 e. The zero-order chi connectivity index (χ0) is 14.2. The average Bonchev–Trinajstić information content (AvgIpc) is 2.94. The Hall–Kier alpha value is -1.30. The summed E-state index contributed by atoms with van der Waals surface area (Å²) in [5, 5.41) is 3.38. The molecule has 0 spiro atoms. The predicted molar refractivity (Wildman–Crippen MR) is 75.7 cm³/mol. The number of carbonyl (C=O) groups is 2. The maximum atomic E-state index is 12.6. The third kappa shape index (κ3) is 1.37. The van der Waals surface area contributed by atoms with Crippen LogP contribution in [0.1, 0.15) is 32.1 Å². The first-order valence-corrected chi connectivity index (χ1v) is 8.23. The summed E-state index contributed by atoms with van der Waals surface area (Å²) in [5.41, 5.74) is 0.201. The van der Waals surface area contributed by atoms with Crippen molar-refractivity contribution in [3.63, 3.8) is 0 Å². The molecule has 6 nitrogen and oxygen atoms in total. The summed E-state index contributed by atoms with van der Waals surface area (Å²) in [6.45, 7) is 4.48. The highest BCUT2D eigenvalue weighted by Crippen LogP contribution is 2.67. The van der Waals surface area contributed by atoms with Gasteiger partial charge in [-0.25, -0.2) is 4.79 Å². The van der Waals surface area contributed by atoms with Crippen molar-refractivity contribution >= 4 is 11.9 Å². The van der Waals surface area contributed by atoms with Crippen molar-refractivity contribution in [3.8, 4) is 0 Å². The third-order valence-electron chi connectivity index (χ3n) is 6.41. The summed E-state index contributed by atoms with van der Waals surface area (Å²) < 4.78 is 0. The highest BCUT2D eigenvalue weighted by Gasteiger charge is 2.75. The van der Waals surface area contributed by atoms with Crippen LogP contribution in [-0.4, -0.2) is 76.5 Å². The van der Waals surface area contributed by atoms with Crippen LogP contribution in [0.25, 0.3) is 0 Å². The van der Waals surface area contributed by atoms with Crippen LogP contribution in [0, 0.1) is 0 Å². The Morgan fingerprint density at radius 2 is 1.81 bits per heavy atom. The molecule has 6 aliphatic rings. The molecule has 6 fully saturated rings. The quantitative estimate of drug-likeness (QED) is 0.778. The van der Waals surface area contributed by atoms with Crippen molar-refractivity contribution in [1.29, 1.82) is 0 Å². The molecule has 3 amide bonds. The molecular formula is C15H22N4O2. The number of nitrogens with zero attached hydrogens (tertiary/aromatic N) is 3. The maximum absolute atomic E-state index is 12.6. The molecule has 1 N–H and O–H groups in total. The van der Waals surface area contributed by atoms with Crippen LogP contribution in [0.15, 0.2) is 0 Å². The highest BCUT2D eigenvalue weighted by atomic mass is 16.2. The van der Waals surface area contributed by atoms with E-state index in [4.69, 9.17) is 0 Å². The van der Waals surface area contributed by atoms with Crippen LogP contribution >= 0.6 is 0 Å². The Morgan fingerprint density at radius 3 is 2.48 bits per heavy atom. The van der Waals surface area contributed by atoms with Crippen LogP contribution < -0.4 is 5.32 Å². The molecule has 3 aliphatic carbocycles. The Labute approximate surface area is 124 Å². The lowest BCUT2D eigenvalue weighted by Gasteiger charge is -2.75. The molecule has 0 radical (unpaired) electrons. The predicted octanol–water partition coefficient (Wildman–Crippen LogP) is -0.00670. The van der Waals surface area contributed by atoms with Crippen molar-refractivity contribution in [2.45, 2.75) is 49.2 Å². The topological polar surface area (TPSA) is 55.9 Å². The fraction of sp³-hybridized carbons (Fsp3) is 0.867. The molecule has 6 heteroatoms. The van der Waals surface area contributed by atoms with E-state index >= 15 is 0 Å². The standard InChI is InChI=1S/C15H22N4O2/c20-12-2-1-4-18(12)14-8-15(9-14,10-14)19-7-11-6-16-3-5-17(11)13(19)21/h11,16H,1-10H2. The number of hydrogen-bond donors (Lipinski definition) is 1. The second-order valence-corrected chi connectivity index (χ2v) is 7.57. The summed E-state index contributed by atoms with van der Waals surface area (Å²) in [6.07, 6.45) is 4.79. The molecule has 3 saturated heterocycles. The van der Waals surface area contributed by atoms with Gasteiger partial charge in [-0.2, -0.15) is 0 Å². The van der Waals surface area contributed by atoms with E-state index in [1.54, 1.807) is 0 Å². The van der Waals surface area contributed by atoms with Gasteiger partial charge in [0.15, 0.2) is 0 Å². The van der Waals surface area contributed by atoms with Crippen molar-refractivity contribution in [2.24, 2.45) is 0 Å². The van der Waals surface area contributed by atoms with E-state index in [0.29, 0.717) is 11.9 Å². The molecular weight excluding hydrogens is 268 g/mol. The molecule has 0 aromatic carbocycles. The van der Waals surface area contributed by atoms with Gasteiger partial charge in [0.05, 0.1) is 11.6 Å². The lowest BCUT2D eigenvalue weighted by molar-refractivity contribution is -0.211. The van der Waals surface area contributed by atoms with E-state index in [9.17, 15) is 9.59 Å². The maximum Gasteiger partial charge on any atom is 0.320 e. The van der Waals surface area contributed by atoms with Crippen molar-refractivity contribution in [3.05, 3.63) is 0 Å². The molecule has 2 bridgehead atoms. The van der Waals surface area contributed by atoms with Gasteiger partial charge in [-0.15, -0.1) is 0 Å². The number of rotatable bonds is 2. The van der Waals surface area contributed by atoms with Gasteiger partial charge in [0.1, 0.15) is 0 Å². The summed E-state index contributed by atoms with van der Waals surface area (Å²) >= 11 is 0. The summed E-state index contributed by atoms with van der Waals surface area (Å²) in [6, 6.07) is 0.590. The van der Waals surface area contributed by atoms with E-state index in [1.165, 1.54) is 0 Å². The summed E-state index contributed by atoms with van der Waals surface area (Å²) in [5.74, 6) is 0.331. The van der Waals surface area contributed by atoms with Crippen LogP contribution in [0.5, 0.6) is 0 Å². The van der Waals surface area contributed by atoms with E-state index < -0.39 is 0 Å². The van der Waals surface area contributed by atoms with Gasteiger partial charge < -0.3 is 20.0 Å². The number of amides is 3. The molecule has 1 unspecified atom stereocenters. The minimum absolute atomic E-state index is 0.0806. The van der Waals surface area contributed by atoms with Crippen molar-refractivity contribution in [2.75, 3.05) is 32.7 Å². The number of piperazine rings is 1. The van der Waals surface area contributed by atoms with Gasteiger partial charge in [0, 0.05) is 44.7 Å². The zero-order valence-electron chi connectivity index (χ0n) is 12.3. The van der Waals surface area contributed by atoms with Gasteiger partial charge in [0.2, 0.25) is 5.91 Å². The second-order valence-electron chi connectivity index (χ2n) is 7.57. The van der Waals surface area contributed by atoms with Gasteiger partial charge in [-0.05, 0) is 25.7 Å². The lowest BCUT2D eigenvalue weighted by Crippen LogP contribution is -2.83. The number of carbonyl (C=O) groups excluding carboxylic acids is 2. The monoisotopic (exact) mass is 290 g/mol. The Kier molecular flexibility index (Phi) is 2.17. The molecule has 21 heavy (non-hydrogen) atoms. The first kappa shape index (κ1) is 12.3. The normalized spacial score (nSPS) is 44.8. The number of hydrogen-bond acceptors (Lipinski definition) is 3. The molecule has 114 valence electrons. The molecule has 3 aliphatic heterocycles. The van der Waals surface area contributed by atoms with E-state index in [1.807, 2.05) is 4.90 Å². The Bertz CT molecular complexity index is 514. The lowest BCUT2D eigenvalue weighted by atomic mass is 9.42. The van der Waals surface area contributed by atoms with E-state index in [-0.39, 0.29) is 17.1 Å². The third-order valence-corrected chi connectivity index (χ3v) is 6.41. The second kappa shape index (κ2) is 3.72.